The van der Waals surface area contributed by atoms with Crippen LogP contribution in [-0.4, -0.2) is 45.3 Å². The monoisotopic (exact) mass is 395 g/mol. The zero-order chi connectivity index (χ0) is 14.4. The van der Waals surface area contributed by atoms with E-state index in [2.05, 4.69) is 15.9 Å². The van der Waals surface area contributed by atoms with Crippen LogP contribution in [0.3, 0.4) is 0 Å². The zero-order valence-electron chi connectivity index (χ0n) is 9.44. The van der Waals surface area contributed by atoms with Crippen LogP contribution in [0, 0.1) is 5.41 Å². The molecular formula is C9H9BrCl3NO5. The smallest absolute Gasteiger partial charge is 0.447 e. The normalized spacial score (nSPS) is 38.2. The van der Waals surface area contributed by atoms with Gasteiger partial charge in [-0.05, 0) is 6.92 Å². The first-order valence-corrected chi connectivity index (χ1v) is 7.24. The third-order valence-electron chi connectivity index (χ3n) is 2.67. The van der Waals surface area contributed by atoms with E-state index in [1.807, 2.05) is 0 Å². The molecule has 0 aromatic carbocycles. The summed E-state index contributed by atoms with van der Waals surface area (Å²) in [4.78, 5) is 10.6. The van der Waals surface area contributed by atoms with E-state index in [1.165, 1.54) is 0 Å². The molecule has 2 aliphatic rings. The molecule has 10 heteroatoms. The first-order chi connectivity index (χ1) is 8.70. The van der Waals surface area contributed by atoms with Crippen molar-refractivity contribution in [2.75, 3.05) is 0 Å². The molecular weight excluding hydrogens is 388 g/mol. The summed E-state index contributed by atoms with van der Waals surface area (Å²) in [5.74, 6) is -0.581. The molecule has 0 amide bonds. The van der Waals surface area contributed by atoms with Crippen molar-refractivity contribution in [3.63, 3.8) is 0 Å². The van der Waals surface area contributed by atoms with Crippen molar-refractivity contribution in [3.05, 3.63) is 0 Å². The second kappa shape index (κ2) is 5.44. The van der Waals surface area contributed by atoms with E-state index in [9.17, 15) is 4.79 Å². The average molecular weight is 397 g/mol. The molecule has 0 radical (unpaired) electrons. The summed E-state index contributed by atoms with van der Waals surface area (Å²) >= 11 is 19.8. The van der Waals surface area contributed by atoms with Crippen LogP contribution in [0.25, 0.3) is 0 Å². The highest BCUT2D eigenvalue weighted by Gasteiger charge is 2.53. The molecule has 108 valence electrons. The second-order valence-corrected chi connectivity index (χ2v) is 7.35. The van der Waals surface area contributed by atoms with Crippen molar-refractivity contribution < 1.29 is 23.7 Å². The van der Waals surface area contributed by atoms with E-state index < -0.39 is 45.3 Å². The van der Waals surface area contributed by atoms with E-state index >= 15 is 0 Å². The van der Waals surface area contributed by atoms with Crippen molar-refractivity contribution in [1.29, 1.82) is 5.41 Å². The molecule has 19 heavy (non-hydrogen) atoms. The van der Waals surface area contributed by atoms with Gasteiger partial charge in [-0.2, -0.15) is 0 Å². The highest BCUT2D eigenvalue weighted by atomic mass is 79.9. The summed E-state index contributed by atoms with van der Waals surface area (Å²) in [7, 11) is 0. The number of nitrogens with one attached hydrogen (secondary N) is 1. The molecule has 0 aliphatic carbocycles. The Kier molecular flexibility index (Phi) is 4.42. The molecule has 2 aliphatic heterocycles. The number of ether oxygens (including phenoxy) is 4. The summed E-state index contributed by atoms with van der Waals surface area (Å²) in [5.41, 5.74) is 0. The molecule has 2 heterocycles. The lowest BCUT2D eigenvalue weighted by Gasteiger charge is -2.37. The summed E-state index contributed by atoms with van der Waals surface area (Å²) < 4.78 is 18.6. The van der Waals surface area contributed by atoms with E-state index in [1.54, 1.807) is 6.92 Å². The minimum atomic E-state index is -1.99. The molecule has 0 bridgehead atoms. The first-order valence-electron chi connectivity index (χ1n) is 5.19. The zero-order valence-corrected chi connectivity index (χ0v) is 13.3. The average Bonchev–Trinajstić information content (AvgIpc) is 2.67. The maximum absolute atomic E-state index is 11.1. The topological polar surface area (TPSA) is 77.8 Å². The molecule has 0 spiro atoms. The first kappa shape index (κ1) is 15.4. The third kappa shape index (κ3) is 3.21. The van der Waals surface area contributed by atoms with Crippen LogP contribution < -0.4 is 0 Å². The summed E-state index contributed by atoms with van der Waals surface area (Å²) in [6, 6.07) is 0. The molecule has 0 unspecified atom stereocenters. The number of hydrogen-bond acceptors (Lipinski definition) is 6. The SMILES string of the molecule is C[C@H]1O[C@H](OC(=N)C(Cl)(Cl)Cl)[C@H](Br)[C@H]2OC(=O)O[C@H]21. The molecule has 5 atom stereocenters. The molecule has 2 rings (SSSR count). The van der Waals surface area contributed by atoms with Crippen molar-refractivity contribution >= 4 is 62.8 Å². The number of carbonyl (C=O) groups is 1. The Morgan fingerprint density at radius 1 is 1.37 bits per heavy atom. The van der Waals surface area contributed by atoms with Crippen LogP contribution >= 0.6 is 50.7 Å². The van der Waals surface area contributed by atoms with Gasteiger partial charge in [-0.1, -0.05) is 50.7 Å². The maximum Gasteiger partial charge on any atom is 0.509 e. The molecule has 0 aromatic heterocycles. The fourth-order valence-electron chi connectivity index (χ4n) is 1.79. The van der Waals surface area contributed by atoms with Crippen molar-refractivity contribution in [1.82, 2.24) is 0 Å². The lowest BCUT2D eigenvalue weighted by Crippen LogP contribution is -2.54. The summed E-state index contributed by atoms with van der Waals surface area (Å²) in [5, 5.41) is 7.50. The molecule has 2 saturated heterocycles. The van der Waals surface area contributed by atoms with Crippen LogP contribution in [0.15, 0.2) is 0 Å². The molecule has 1 N–H and O–H groups in total. The van der Waals surface area contributed by atoms with Gasteiger partial charge >= 0.3 is 6.16 Å². The van der Waals surface area contributed by atoms with Gasteiger partial charge in [0.15, 0.2) is 12.2 Å². The predicted molar refractivity (Wildman–Crippen MR) is 71.3 cm³/mol. The number of fused-ring (bicyclic) bond motifs is 1. The highest BCUT2D eigenvalue weighted by Crippen LogP contribution is 2.36. The van der Waals surface area contributed by atoms with Gasteiger partial charge in [0.1, 0.15) is 4.83 Å². The summed E-state index contributed by atoms with van der Waals surface area (Å²) in [6.45, 7) is 1.69. The van der Waals surface area contributed by atoms with E-state index in [4.69, 9.17) is 59.2 Å². The Bertz CT molecular complexity index is 404. The number of hydrogen-bond donors (Lipinski definition) is 1. The number of alkyl halides is 4. The number of carbonyl (C=O) groups excluding carboxylic acids is 1. The van der Waals surface area contributed by atoms with Gasteiger partial charge in [0.05, 0.1) is 6.10 Å². The quantitative estimate of drug-likeness (QED) is 0.319. The van der Waals surface area contributed by atoms with E-state index in [-0.39, 0.29) is 0 Å². The largest absolute Gasteiger partial charge is 0.509 e. The second-order valence-electron chi connectivity index (χ2n) is 4.01. The van der Waals surface area contributed by atoms with Crippen LogP contribution in [0.5, 0.6) is 0 Å². The Balaban J connectivity index is 2.07. The van der Waals surface area contributed by atoms with Gasteiger partial charge in [-0.25, -0.2) is 4.79 Å². The molecule has 0 aromatic rings. The highest BCUT2D eigenvalue weighted by molar-refractivity contribution is 9.09. The Morgan fingerprint density at radius 2 is 1.95 bits per heavy atom. The van der Waals surface area contributed by atoms with Gasteiger partial charge in [-0.15, -0.1) is 0 Å². The standard InChI is InChI=1S/C9H9BrCl3NO5/c1-2-4-5(18-8(15)17-4)3(10)6(16-2)19-7(14)9(11,12)13/h2-6,14H,1H3/t2-,3-,4+,5-,6-/m1/s1. The van der Waals surface area contributed by atoms with Crippen LogP contribution in [-0.2, 0) is 18.9 Å². The summed E-state index contributed by atoms with van der Waals surface area (Å²) in [6.07, 6.45) is -3.32. The Morgan fingerprint density at radius 3 is 2.53 bits per heavy atom. The van der Waals surface area contributed by atoms with Gasteiger partial charge in [0.25, 0.3) is 3.79 Å². The number of rotatable bonds is 1. The fraction of sp³-hybridized carbons (Fsp3) is 0.778. The van der Waals surface area contributed by atoms with Crippen LogP contribution in [0.2, 0.25) is 0 Å². The minimum absolute atomic E-state index is 0.474. The van der Waals surface area contributed by atoms with Crippen molar-refractivity contribution in [2.24, 2.45) is 0 Å². The van der Waals surface area contributed by atoms with Gasteiger partial charge < -0.3 is 18.9 Å². The number of halogens is 4. The van der Waals surface area contributed by atoms with Crippen LogP contribution in [0.1, 0.15) is 6.92 Å². The Labute approximate surface area is 132 Å². The fourth-order valence-corrected chi connectivity index (χ4v) is 2.56. The van der Waals surface area contributed by atoms with Crippen molar-refractivity contribution in [3.8, 4) is 0 Å². The Hall–Kier alpha value is 0.0500. The van der Waals surface area contributed by atoms with Crippen LogP contribution in [0.4, 0.5) is 4.79 Å². The van der Waals surface area contributed by atoms with Gasteiger partial charge in [0, 0.05) is 0 Å². The van der Waals surface area contributed by atoms with Gasteiger partial charge in [0.2, 0.25) is 12.2 Å². The van der Waals surface area contributed by atoms with Gasteiger partial charge in [-0.3, -0.25) is 5.41 Å². The lowest BCUT2D eigenvalue weighted by atomic mass is 10.0. The lowest BCUT2D eigenvalue weighted by molar-refractivity contribution is -0.189. The predicted octanol–water partition coefficient (Wildman–Crippen LogP) is 2.76. The van der Waals surface area contributed by atoms with E-state index in [0.717, 1.165) is 0 Å². The molecule has 6 nitrogen and oxygen atoms in total. The van der Waals surface area contributed by atoms with Crippen molar-refractivity contribution in [2.45, 2.75) is 40.1 Å². The van der Waals surface area contributed by atoms with E-state index in [0.29, 0.717) is 0 Å². The third-order valence-corrected chi connectivity index (χ3v) is 4.13. The minimum Gasteiger partial charge on any atom is -0.447 e. The molecule has 0 saturated carbocycles. The molecule has 2 fully saturated rings. The maximum atomic E-state index is 11.1.